The predicted molar refractivity (Wildman–Crippen MR) is 85.4 cm³/mol. The van der Waals surface area contributed by atoms with Crippen molar-refractivity contribution >= 4 is 18.3 Å². The van der Waals surface area contributed by atoms with Gasteiger partial charge < -0.3 is 10.3 Å². The lowest BCUT2D eigenvalue weighted by Gasteiger charge is -2.27. The number of halogens is 1. The van der Waals surface area contributed by atoms with Crippen molar-refractivity contribution in [3.63, 3.8) is 0 Å². The minimum Gasteiger partial charge on any atom is -0.356 e. The summed E-state index contributed by atoms with van der Waals surface area (Å²) in [4.78, 5) is 19.4. The summed E-state index contributed by atoms with van der Waals surface area (Å²) in [6.45, 7) is 3.13. The van der Waals surface area contributed by atoms with E-state index in [1.165, 1.54) is 32.1 Å². The molecule has 5 heteroatoms. The van der Waals surface area contributed by atoms with Crippen molar-refractivity contribution in [2.75, 3.05) is 6.54 Å². The number of hydrogen-bond acceptors (Lipinski definition) is 2. The van der Waals surface area contributed by atoms with Crippen LogP contribution in [0.3, 0.4) is 0 Å². The number of aromatic nitrogens is 2. The number of nitrogens with zero attached hydrogens (tertiary/aromatic N) is 1. The largest absolute Gasteiger partial charge is 0.356 e. The van der Waals surface area contributed by atoms with Gasteiger partial charge in [-0.3, -0.25) is 4.79 Å². The molecule has 0 saturated heterocycles. The van der Waals surface area contributed by atoms with Crippen LogP contribution in [0.25, 0.3) is 0 Å². The molecule has 3 unspecified atom stereocenters. The van der Waals surface area contributed by atoms with E-state index in [2.05, 4.69) is 22.2 Å². The van der Waals surface area contributed by atoms with E-state index in [0.29, 0.717) is 11.8 Å². The molecule has 0 aliphatic heterocycles. The Morgan fingerprint density at radius 1 is 1.43 bits per heavy atom. The maximum atomic E-state index is 12.1. The van der Waals surface area contributed by atoms with E-state index < -0.39 is 0 Å². The number of hydrogen-bond donors (Lipinski definition) is 2. The molecular formula is C16H26ClN3O. The van der Waals surface area contributed by atoms with Crippen molar-refractivity contribution in [2.45, 2.75) is 51.4 Å². The number of H-pyrrole nitrogens is 1. The molecule has 1 aromatic heterocycles. The van der Waals surface area contributed by atoms with Crippen LogP contribution in [-0.4, -0.2) is 22.4 Å². The second kappa shape index (κ2) is 7.30. The van der Waals surface area contributed by atoms with E-state index in [0.717, 1.165) is 24.6 Å². The molecule has 21 heavy (non-hydrogen) atoms. The van der Waals surface area contributed by atoms with Gasteiger partial charge in [0.1, 0.15) is 0 Å². The Balaban J connectivity index is 0.00000161. The fraction of sp³-hybridized carbons (Fsp3) is 0.750. The van der Waals surface area contributed by atoms with E-state index in [1.54, 1.807) is 6.33 Å². The summed E-state index contributed by atoms with van der Waals surface area (Å²) in [5, 5.41) is 3.16. The Hall–Kier alpha value is -1.03. The average molecular weight is 312 g/mol. The van der Waals surface area contributed by atoms with Crippen LogP contribution >= 0.6 is 12.4 Å². The highest BCUT2D eigenvalue weighted by molar-refractivity contribution is 5.85. The monoisotopic (exact) mass is 311 g/mol. The standard InChI is InChI=1S/C16H25N3O.ClH/c1-11(12-5-3-2-4-6-12)8-18-16(20)14-7-13(14)15-9-17-10-19-15;/h9-14H,2-8H2,1H3,(H,17,19)(H,18,20);1H. The van der Waals surface area contributed by atoms with Crippen LogP contribution < -0.4 is 5.32 Å². The molecule has 1 heterocycles. The molecule has 2 aliphatic rings. The van der Waals surface area contributed by atoms with Crippen molar-refractivity contribution in [3.05, 3.63) is 18.2 Å². The molecule has 0 radical (unpaired) electrons. The number of rotatable bonds is 5. The van der Waals surface area contributed by atoms with Crippen LogP contribution in [0.4, 0.5) is 0 Å². The quantitative estimate of drug-likeness (QED) is 0.877. The molecule has 0 spiro atoms. The smallest absolute Gasteiger partial charge is 0.223 e. The highest BCUT2D eigenvalue weighted by Gasteiger charge is 2.45. The molecular weight excluding hydrogens is 286 g/mol. The molecule has 118 valence electrons. The molecule has 0 bridgehead atoms. The third kappa shape index (κ3) is 4.00. The van der Waals surface area contributed by atoms with Crippen molar-refractivity contribution in [2.24, 2.45) is 17.8 Å². The number of imidazole rings is 1. The zero-order chi connectivity index (χ0) is 13.9. The van der Waals surface area contributed by atoms with Crippen LogP contribution in [0.5, 0.6) is 0 Å². The van der Waals surface area contributed by atoms with Crippen molar-refractivity contribution in [3.8, 4) is 0 Å². The minimum absolute atomic E-state index is 0. The second-order valence-electron chi connectivity index (χ2n) is 6.56. The van der Waals surface area contributed by atoms with E-state index in [4.69, 9.17) is 0 Å². The first-order valence-electron chi connectivity index (χ1n) is 8.02. The summed E-state index contributed by atoms with van der Waals surface area (Å²) in [7, 11) is 0. The minimum atomic E-state index is 0. The molecule has 3 atom stereocenters. The third-order valence-electron chi connectivity index (χ3n) is 5.08. The molecule has 4 nitrogen and oxygen atoms in total. The fourth-order valence-electron chi connectivity index (χ4n) is 3.55. The Morgan fingerprint density at radius 2 is 2.19 bits per heavy atom. The number of carbonyl (C=O) groups excluding carboxylic acids is 1. The first kappa shape index (κ1) is 16.3. The summed E-state index contributed by atoms with van der Waals surface area (Å²) in [6.07, 6.45) is 11.4. The van der Waals surface area contributed by atoms with Crippen LogP contribution in [-0.2, 0) is 4.79 Å². The van der Waals surface area contributed by atoms with Gasteiger partial charge in [0.05, 0.1) is 12.0 Å². The van der Waals surface area contributed by atoms with Gasteiger partial charge in [0.25, 0.3) is 0 Å². The molecule has 0 aromatic carbocycles. The zero-order valence-corrected chi connectivity index (χ0v) is 13.5. The van der Waals surface area contributed by atoms with Crippen molar-refractivity contribution in [1.29, 1.82) is 0 Å². The van der Waals surface area contributed by atoms with E-state index in [9.17, 15) is 4.79 Å². The first-order chi connectivity index (χ1) is 9.75. The number of aromatic amines is 1. The lowest BCUT2D eigenvalue weighted by atomic mass is 9.81. The maximum absolute atomic E-state index is 12.1. The van der Waals surface area contributed by atoms with Gasteiger partial charge in [0, 0.05) is 24.6 Å². The highest BCUT2D eigenvalue weighted by Crippen LogP contribution is 2.46. The van der Waals surface area contributed by atoms with Crippen molar-refractivity contribution in [1.82, 2.24) is 15.3 Å². The van der Waals surface area contributed by atoms with Gasteiger partial charge >= 0.3 is 0 Å². The van der Waals surface area contributed by atoms with Gasteiger partial charge in [-0.15, -0.1) is 12.4 Å². The molecule has 3 rings (SSSR count). The Kier molecular flexibility index (Phi) is 5.68. The normalized spacial score (nSPS) is 26.7. The van der Waals surface area contributed by atoms with Gasteiger partial charge in [-0.05, 0) is 18.3 Å². The number of amides is 1. The fourth-order valence-corrected chi connectivity index (χ4v) is 3.55. The van der Waals surface area contributed by atoms with Crippen LogP contribution in [0.1, 0.15) is 57.1 Å². The van der Waals surface area contributed by atoms with Gasteiger partial charge in [-0.25, -0.2) is 4.98 Å². The Bertz CT molecular complexity index is 442. The summed E-state index contributed by atoms with van der Waals surface area (Å²) < 4.78 is 0. The summed E-state index contributed by atoms with van der Waals surface area (Å²) in [5.41, 5.74) is 1.03. The topological polar surface area (TPSA) is 57.8 Å². The molecule has 1 aromatic rings. The molecule has 2 N–H and O–H groups in total. The number of nitrogens with one attached hydrogen (secondary N) is 2. The first-order valence-corrected chi connectivity index (χ1v) is 8.02. The van der Waals surface area contributed by atoms with Gasteiger partial charge in [0.2, 0.25) is 5.91 Å². The molecule has 2 fully saturated rings. The van der Waals surface area contributed by atoms with Gasteiger partial charge in [0.15, 0.2) is 0 Å². The molecule has 2 saturated carbocycles. The summed E-state index contributed by atoms with van der Waals surface area (Å²) >= 11 is 0. The SMILES string of the molecule is CC(CNC(=O)C1CC1c1c[nH]cn1)C1CCCCC1.Cl. The summed E-state index contributed by atoms with van der Waals surface area (Å²) in [6, 6.07) is 0. The Morgan fingerprint density at radius 3 is 2.86 bits per heavy atom. The van der Waals surface area contributed by atoms with Crippen LogP contribution in [0.2, 0.25) is 0 Å². The lowest BCUT2D eigenvalue weighted by molar-refractivity contribution is -0.122. The summed E-state index contributed by atoms with van der Waals surface area (Å²) in [5.74, 6) is 2.14. The van der Waals surface area contributed by atoms with Crippen LogP contribution in [0.15, 0.2) is 12.5 Å². The molecule has 1 amide bonds. The molecule has 2 aliphatic carbocycles. The second-order valence-corrected chi connectivity index (χ2v) is 6.56. The van der Waals surface area contributed by atoms with E-state index in [-0.39, 0.29) is 24.2 Å². The van der Waals surface area contributed by atoms with E-state index >= 15 is 0 Å². The van der Waals surface area contributed by atoms with E-state index in [1.807, 2.05) is 6.20 Å². The van der Waals surface area contributed by atoms with Crippen LogP contribution in [0, 0.1) is 17.8 Å². The third-order valence-corrected chi connectivity index (χ3v) is 5.08. The average Bonchev–Trinajstić information content (AvgIpc) is 3.11. The highest BCUT2D eigenvalue weighted by atomic mass is 35.5. The predicted octanol–water partition coefficient (Wildman–Crippen LogP) is 3.27. The van der Waals surface area contributed by atoms with Crippen molar-refractivity contribution < 1.29 is 4.79 Å². The maximum Gasteiger partial charge on any atom is 0.223 e. The zero-order valence-electron chi connectivity index (χ0n) is 12.7. The van der Waals surface area contributed by atoms with Gasteiger partial charge in [-0.2, -0.15) is 0 Å². The number of carbonyl (C=O) groups is 1. The van der Waals surface area contributed by atoms with Gasteiger partial charge in [-0.1, -0.05) is 39.0 Å². The lowest BCUT2D eigenvalue weighted by Crippen LogP contribution is -2.33. The Labute approximate surface area is 132 Å².